The molecule has 1 amide bonds. The highest BCUT2D eigenvalue weighted by atomic mass is 19.4. The lowest BCUT2D eigenvalue weighted by Crippen LogP contribution is -2.26. The smallest absolute Gasteiger partial charge is 0.417 e. The van der Waals surface area contributed by atoms with Crippen LogP contribution in [0, 0.1) is 6.92 Å². The Morgan fingerprint density at radius 3 is 2.37 bits per heavy atom. The van der Waals surface area contributed by atoms with Gasteiger partial charge in [0, 0.05) is 12.7 Å². The molecule has 0 atom stereocenters. The Balaban J connectivity index is 1.29. The fourth-order valence-electron chi connectivity index (χ4n) is 3.45. The number of ether oxygens (including phenoxy) is 1. The number of benzene rings is 2. The lowest BCUT2D eigenvalue weighted by Gasteiger charge is -2.09. The molecule has 0 radical (unpaired) electrons. The molecule has 0 bridgehead atoms. The summed E-state index contributed by atoms with van der Waals surface area (Å²) in [6.45, 7) is 2.56. The van der Waals surface area contributed by atoms with E-state index in [4.69, 9.17) is 4.74 Å². The quantitative estimate of drug-likeness (QED) is 0.379. The maximum Gasteiger partial charge on any atom is 0.417 e. The van der Waals surface area contributed by atoms with Crippen LogP contribution >= 0.6 is 0 Å². The summed E-state index contributed by atoms with van der Waals surface area (Å²) >= 11 is 0. The highest BCUT2D eigenvalue weighted by molar-refractivity contribution is 5.95. The topological polar surface area (TPSA) is 69.0 Å². The Hall–Kier alpha value is -4.14. The number of amides is 1. The molecule has 0 fully saturated rings. The van der Waals surface area contributed by atoms with Gasteiger partial charge in [-0.25, -0.2) is 9.67 Å². The molecule has 4 rings (SSSR count). The maximum absolute atomic E-state index is 12.7. The third kappa shape index (κ3) is 6.06. The van der Waals surface area contributed by atoms with Gasteiger partial charge in [0.25, 0.3) is 5.91 Å². The number of aromatic nitrogens is 3. The molecule has 1 N–H and O–H groups in total. The summed E-state index contributed by atoms with van der Waals surface area (Å²) in [5.41, 5.74) is 2.09. The Morgan fingerprint density at radius 2 is 1.71 bits per heavy atom. The lowest BCUT2D eigenvalue weighted by atomic mass is 10.1. The average molecular weight is 480 g/mol. The lowest BCUT2D eigenvalue weighted by molar-refractivity contribution is -0.137. The number of rotatable bonds is 8. The minimum absolute atomic E-state index is 0.198. The first-order valence-corrected chi connectivity index (χ1v) is 10.9. The van der Waals surface area contributed by atoms with E-state index in [0.717, 1.165) is 29.1 Å². The molecule has 2 aromatic heterocycles. The first-order chi connectivity index (χ1) is 16.8. The summed E-state index contributed by atoms with van der Waals surface area (Å²) in [6.07, 6.45) is -1.72. The molecule has 0 aliphatic rings. The second-order valence-electron chi connectivity index (χ2n) is 7.88. The van der Waals surface area contributed by atoms with E-state index >= 15 is 0 Å². The second kappa shape index (κ2) is 10.4. The summed E-state index contributed by atoms with van der Waals surface area (Å²) < 4.78 is 45.4. The molecular weight excluding hydrogens is 457 g/mol. The normalized spacial score (nSPS) is 11.3. The zero-order chi connectivity index (χ0) is 24.8. The monoisotopic (exact) mass is 480 g/mol. The number of hydrogen-bond acceptors (Lipinski definition) is 4. The SMILES string of the molecule is Cc1c(C(=O)NCCc2ccc(OCc3ccccc3)cc2)cnn1-c1ccc(C(F)(F)F)cn1. The van der Waals surface area contributed by atoms with Crippen molar-refractivity contribution in [2.75, 3.05) is 6.54 Å². The van der Waals surface area contributed by atoms with Gasteiger partial charge in [-0.15, -0.1) is 0 Å². The van der Waals surface area contributed by atoms with Gasteiger partial charge in [-0.3, -0.25) is 4.79 Å². The van der Waals surface area contributed by atoms with Crippen molar-refractivity contribution < 1.29 is 22.7 Å². The van der Waals surface area contributed by atoms with Crippen LogP contribution in [0.2, 0.25) is 0 Å². The average Bonchev–Trinajstić information content (AvgIpc) is 3.25. The molecule has 6 nitrogen and oxygen atoms in total. The summed E-state index contributed by atoms with van der Waals surface area (Å²) in [5.74, 6) is 0.647. The minimum Gasteiger partial charge on any atom is -0.489 e. The third-order valence-corrected chi connectivity index (χ3v) is 5.42. The van der Waals surface area contributed by atoms with Crippen LogP contribution < -0.4 is 10.1 Å². The zero-order valence-corrected chi connectivity index (χ0v) is 18.9. The first kappa shape index (κ1) is 24.0. The molecule has 0 saturated heterocycles. The highest BCUT2D eigenvalue weighted by Gasteiger charge is 2.30. The standard InChI is InChI=1S/C26H23F3N4O2/c1-18-23(16-32-33(18)24-12-9-21(15-31-24)26(27,28)29)25(34)30-14-13-19-7-10-22(11-8-19)35-17-20-5-3-2-4-6-20/h2-12,15-16H,13-14,17H2,1H3,(H,30,34). The molecule has 0 saturated carbocycles. The number of alkyl halides is 3. The van der Waals surface area contributed by atoms with Crippen LogP contribution in [0.1, 0.15) is 32.7 Å². The Kier molecular flexibility index (Phi) is 7.14. The molecule has 0 spiro atoms. The van der Waals surface area contributed by atoms with E-state index in [1.54, 1.807) is 6.92 Å². The molecule has 0 aliphatic heterocycles. The predicted molar refractivity (Wildman–Crippen MR) is 124 cm³/mol. The van der Waals surface area contributed by atoms with Gasteiger partial charge in [-0.2, -0.15) is 18.3 Å². The van der Waals surface area contributed by atoms with Crippen LogP contribution in [0.5, 0.6) is 5.75 Å². The van der Waals surface area contributed by atoms with Crippen molar-refractivity contribution in [2.45, 2.75) is 26.1 Å². The van der Waals surface area contributed by atoms with Crippen molar-refractivity contribution in [3.63, 3.8) is 0 Å². The van der Waals surface area contributed by atoms with Gasteiger partial charge >= 0.3 is 6.18 Å². The van der Waals surface area contributed by atoms with Crippen molar-refractivity contribution in [3.05, 3.63) is 107 Å². The van der Waals surface area contributed by atoms with Crippen LogP contribution in [0.25, 0.3) is 5.82 Å². The van der Waals surface area contributed by atoms with Crippen LogP contribution in [-0.2, 0) is 19.2 Å². The van der Waals surface area contributed by atoms with Gasteiger partial charge in [0.1, 0.15) is 12.4 Å². The number of halogens is 3. The predicted octanol–water partition coefficient (Wildman–Crippen LogP) is 5.15. The molecule has 4 aromatic rings. The van der Waals surface area contributed by atoms with Gasteiger partial charge in [0.05, 0.1) is 23.0 Å². The van der Waals surface area contributed by atoms with Crippen molar-refractivity contribution in [1.82, 2.24) is 20.1 Å². The second-order valence-corrected chi connectivity index (χ2v) is 7.88. The van der Waals surface area contributed by atoms with Crippen LogP contribution in [0.3, 0.4) is 0 Å². The van der Waals surface area contributed by atoms with Crippen LogP contribution in [-0.4, -0.2) is 27.2 Å². The fraction of sp³-hybridized carbons (Fsp3) is 0.192. The van der Waals surface area contributed by atoms with Crippen LogP contribution in [0.15, 0.2) is 79.1 Å². The molecule has 9 heteroatoms. The van der Waals surface area contributed by atoms with Crippen molar-refractivity contribution >= 4 is 5.91 Å². The number of pyridine rings is 1. The van der Waals surface area contributed by atoms with Gasteiger partial charge in [-0.05, 0) is 48.7 Å². The fourth-order valence-corrected chi connectivity index (χ4v) is 3.45. The van der Waals surface area contributed by atoms with Gasteiger partial charge < -0.3 is 10.1 Å². The minimum atomic E-state index is -4.47. The highest BCUT2D eigenvalue weighted by Crippen LogP contribution is 2.28. The summed E-state index contributed by atoms with van der Waals surface area (Å²) in [7, 11) is 0. The summed E-state index contributed by atoms with van der Waals surface area (Å²) in [6, 6.07) is 19.7. The maximum atomic E-state index is 12.7. The van der Waals surface area contributed by atoms with E-state index in [1.807, 2.05) is 54.6 Å². The molecule has 2 aromatic carbocycles. The van der Waals surface area contributed by atoms with E-state index < -0.39 is 11.7 Å². The van der Waals surface area contributed by atoms with E-state index in [1.165, 1.54) is 16.9 Å². The van der Waals surface area contributed by atoms with Crippen molar-refractivity contribution in [2.24, 2.45) is 0 Å². The molecule has 180 valence electrons. The Bertz CT molecular complexity index is 1270. The number of nitrogens with one attached hydrogen (secondary N) is 1. The zero-order valence-electron chi connectivity index (χ0n) is 18.9. The summed E-state index contributed by atoms with van der Waals surface area (Å²) in [5, 5.41) is 6.96. The van der Waals surface area contributed by atoms with Crippen LogP contribution in [0.4, 0.5) is 13.2 Å². The molecule has 35 heavy (non-hydrogen) atoms. The number of carbonyl (C=O) groups is 1. The number of carbonyl (C=O) groups excluding carboxylic acids is 1. The summed E-state index contributed by atoms with van der Waals surface area (Å²) in [4.78, 5) is 16.4. The first-order valence-electron chi connectivity index (χ1n) is 10.9. The van der Waals surface area contributed by atoms with E-state index in [-0.39, 0.29) is 11.7 Å². The van der Waals surface area contributed by atoms with Gasteiger partial charge in [0.15, 0.2) is 5.82 Å². The Morgan fingerprint density at radius 1 is 0.971 bits per heavy atom. The number of hydrogen-bond donors (Lipinski definition) is 1. The van der Waals surface area contributed by atoms with E-state index in [9.17, 15) is 18.0 Å². The molecular formula is C26H23F3N4O2. The molecule has 2 heterocycles. The molecule has 0 aliphatic carbocycles. The largest absolute Gasteiger partial charge is 0.489 e. The van der Waals surface area contributed by atoms with Gasteiger partial charge in [0.2, 0.25) is 0 Å². The van der Waals surface area contributed by atoms with Gasteiger partial charge in [-0.1, -0.05) is 42.5 Å². The van der Waals surface area contributed by atoms with E-state index in [2.05, 4.69) is 15.4 Å². The van der Waals surface area contributed by atoms with E-state index in [0.29, 0.717) is 30.8 Å². The third-order valence-electron chi connectivity index (χ3n) is 5.42. The molecule has 0 unspecified atom stereocenters. The van der Waals surface area contributed by atoms with Crippen molar-refractivity contribution in [1.29, 1.82) is 0 Å². The number of nitrogens with zero attached hydrogens (tertiary/aromatic N) is 3. The van der Waals surface area contributed by atoms with Crippen molar-refractivity contribution in [3.8, 4) is 11.6 Å². The Labute approximate surface area is 200 Å².